The molecule has 3 nitrogen and oxygen atoms in total. The van der Waals surface area contributed by atoms with Gasteiger partial charge in [0.15, 0.2) is 0 Å². The van der Waals surface area contributed by atoms with Gasteiger partial charge in [0.2, 0.25) is 0 Å². The second-order valence-electron chi connectivity index (χ2n) is 5.33. The molecule has 0 saturated carbocycles. The molecule has 0 aliphatic carbocycles. The lowest BCUT2D eigenvalue weighted by Crippen LogP contribution is -2.40. The highest BCUT2D eigenvalue weighted by atomic mass is 16.5. The highest BCUT2D eigenvalue weighted by Crippen LogP contribution is 2.32. The Labute approximate surface area is 103 Å². The van der Waals surface area contributed by atoms with Crippen LogP contribution >= 0.6 is 0 Å². The average Bonchev–Trinajstić information content (AvgIpc) is 2.70. The molecular formula is C14H20N2O. The van der Waals surface area contributed by atoms with Crippen LogP contribution in [0.4, 0.5) is 0 Å². The van der Waals surface area contributed by atoms with Crippen molar-refractivity contribution in [1.82, 2.24) is 9.88 Å². The molecule has 2 aliphatic heterocycles. The molecule has 0 unspecified atom stereocenters. The molecule has 2 fully saturated rings. The minimum absolute atomic E-state index is 0.458. The van der Waals surface area contributed by atoms with Crippen LogP contribution in [0.2, 0.25) is 0 Å². The van der Waals surface area contributed by atoms with Gasteiger partial charge in [-0.2, -0.15) is 0 Å². The van der Waals surface area contributed by atoms with E-state index in [-0.39, 0.29) is 0 Å². The first-order chi connectivity index (χ1) is 8.31. The Morgan fingerprint density at radius 2 is 2.41 bits per heavy atom. The van der Waals surface area contributed by atoms with Crippen LogP contribution < -0.4 is 0 Å². The Morgan fingerprint density at radius 1 is 1.47 bits per heavy atom. The van der Waals surface area contributed by atoms with Crippen molar-refractivity contribution in [2.24, 2.45) is 5.92 Å². The fraction of sp³-hybridized carbons (Fsp3) is 0.643. The molecule has 3 heteroatoms. The lowest BCUT2D eigenvalue weighted by molar-refractivity contribution is 0.00561. The normalized spacial score (nSPS) is 33.6. The van der Waals surface area contributed by atoms with Gasteiger partial charge in [-0.1, -0.05) is 6.07 Å². The van der Waals surface area contributed by atoms with Gasteiger partial charge < -0.3 is 4.74 Å². The third kappa shape index (κ3) is 2.50. The molecule has 0 radical (unpaired) electrons. The molecule has 0 spiro atoms. The summed E-state index contributed by atoms with van der Waals surface area (Å²) in [5, 5.41) is 0. The molecule has 3 atom stereocenters. The Balaban J connectivity index is 1.60. The van der Waals surface area contributed by atoms with Gasteiger partial charge in [0.1, 0.15) is 0 Å². The van der Waals surface area contributed by atoms with Gasteiger partial charge in [-0.05, 0) is 31.9 Å². The number of fused-ring (bicyclic) bond motifs is 1. The van der Waals surface area contributed by atoms with E-state index in [1.165, 1.54) is 25.1 Å². The summed E-state index contributed by atoms with van der Waals surface area (Å²) in [7, 11) is 0. The first kappa shape index (κ1) is 11.2. The summed E-state index contributed by atoms with van der Waals surface area (Å²) in [4.78, 5) is 6.92. The Bertz CT molecular complexity index is 368. The lowest BCUT2D eigenvalue weighted by Gasteiger charge is -2.33. The second kappa shape index (κ2) is 4.75. The molecule has 0 bridgehead atoms. The van der Waals surface area contributed by atoms with Crippen molar-refractivity contribution in [3.63, 3.8) is 0 Å². The van der Waals surface area contributed by atoms with Crippen LogP contribution in [0, 0.1) is 5.92 Å². The number of piperidine rings is 1. The number of hydrogen-bond acceptors (Lipinski definition) is 3. The topological polar surface area (TPSA) is 25.4 Å². The van der Waals surface area contributed by atoms with Crippen molar-refractivity contribution in [1.29, 1.82) is 0 Å². The predicted octanol–water partition coefficient (Wildman–Crippen LogP) is 2.08. The summed E-state index contributed by atoms with van der Waals surface area (Å²) >= 11 is 0. The van der Waals surface area contributed by atoms with Crippen molar-refractivity contribution < 1.29 is 4.74 Å². The number of pyridine rings is 1. The van der Waals surface area contributed by atoms with E-state index in [2.05, 4.69) is 28.9 Å². The maximum Gasteiger partial charge on any atom is 0.0632 e. The van der Waals surface area contributed by atoms with E-state index in [9.17, 15) is 0 Å². The zero-order valence-electron chi connectivity index (χ0n) is 10.4. The smallest absolute Gasteiger partial charge is 0.0632 e. The van der Waals surface area contributed by atoms with Crippen molar-refractivity contribution >= 4 is 0 Å². The molecule has 2 saturated heterocycles. The van der Waals surface area contributed by atoms with Crippen molar-refractivity contribution in [3.8, 4) is 0 Å². The summed E-state index contributed by atoms with van der Waals surface area (Å²) in [6.07, 6.45) is 5.26. The van der Waals surface area contributed by atoms with Crippen LogP contribution in [0.1, 0.15) is 25.5 Å². The van der Waals surface area contributed by atoms with E-state index in [1.807, 2.05) is 12.3 Å². The van der Waals surface area contributed by atoms with Gasteiger partial charge in [0.25, 0.3) is 0 Å². The number of aromatic nitrogens is 1. The van der Waals surface area contributed by atoms with Crippen molar-refractivity contribution in [2.75, 3.05) is 13.1 Å². The second-order valence-corrected chi connectivity index (χ2v) is 5.33. The van der Waals surface area contributed by atoms with Crippen LogP contribution in [0.25, 0.3) is 0 Å². The van der Waals surface area contributed by atoms with Gasteiger partial charge in [0, 0.05) is 31.7 Å². The fourth-order valence-electron chi connectivity index (χ4n) is 3.14. The third-order valence-electron chi connectivity index (χ3n) is 3.90. The molecule has 1 aromatic heterocycles. The minimum Gasteiger partial charge on any atom is -0.375 e. The third-order valence-corrected chi connectivity index (χ3v) is 3.90. The number of rotatable bonds is 2. The van der Waals surface area contributed by atoms with E-state index < -0.39 is 0 Å². The van der Waals surface area contributed by atoms with E-state index in [1.54, 1.807) is 0 Å². The summed E-state index contributed by atoms with van der Waals surface area (Å²) in [5.74, 6) is 0.738. The van der Waals surface area contributed by atoms with Crippen molar-refractivity contribution in [2.45, 2.75) is 38.5 Å². The molecule has 0 N–H and O–H groups in total. The van der Waals surface area contributed by atoms with E-state index in [0.717, 1.165) is 19.0 Å². The molecule has 3 rings (SSSR count). The zero-order valence-corrected chi connectivity index (χ0v) is 10.4. The first-order valence-corrected chi connectivity index (χ1v) is 6.59. The van der Waals surface area contributed by atoms with Crippen LogP contribution in [0.3, 0.4) is 0 Å². The van der Waals surface area contributed by atoms with E-state index >= 15 is 0 Å². The minimum atomic E-state index is 0.458. The SMILES string of the molecule is C[C@@H]1C[C@@H]2CN(Cc3ccccn3)CC[C@H]2O1. The van der Waals surface area contributed by atoms with Gasteiger partial charge in [-0.3, -0.25) is 9.88 Å². The lowest BCUT2D eigenvalue weighted by atomic mass is 9.93. The van der Waals surface area contributed by atoms with Crippen molar-refractivity contribution in [3.05, 3.63) is 30.1 Å². The number of ether oxygens (including phenoxy) is 1. The van der Waals surface area contributed by atoms with E-state index in [4.69, 9.17) is 4.74 Å². The summed E-state index contributed by atoms with van der Waals surface area (Å²) in [6.45, 7) is 5.50. The maximum absolute atomic E-state index is 5.92. The predicted molar refractivity (Wildman–Crippen MR) is 66.6 cm³/mol. The fourth-order valence-corrected chi connectivity index (χ4v) is 3.14. The van der Waals surface area contributed by atoms with Crippen LogP contribution in [-0.2, 0) is 11.3 Å². The first-order valence-electron chi connectivity index (χ1n) is 6.59. The molecule has 1 aromatic rings. The van der Waals surface area contributed by atoms with Gasteiger partial charge in [-0.25, -0.2) is 0 Å². The number of nitrogens with zero attached hydrogens (tertiary/aromatic N) is 2. The molecular weight excluding hydrogens is 212 g/mol. The average molecular weight is 232 g/mol. The number of hydrogen-bond donors (Lipinski definition) is 0. The molecule has 0 aromatic carbocycles. The Morgan fingerprint density at radius 3 is 3.24 bits per heavy atom. The van der Waals surface area contributed by atoms with Gasteiger partial charge >= 0.3 is 0 Å². The molecule has 92 valence electrons. The Hall–Kier alpha value is -0.930. The Kier molecular flexibility index (Phi) is 3.12. The highest BCUT2D eigenvalue weighted by molar-refractivity contribution is 5.03. The summed E-state index contributed by atoms with van der Waals surface area (Å²) in [6, 6.07) is 6.15. The standard InChI is InChI=1S/C14H20N2O/c1-11-8-12-9-16(7-5-14(12)17-11)10-13-4-2-3-6-15-13/h2-4,6,11-12,14H,5,7-10H2,1H3/t11-,12-,14-/m1/s1. The molecule has 17 heavy (non-hydrogen) atoms. The zero-order chi connectivity index (χ0) is 11.7. The van der Waals surface area contributed by atoms with Gasteiger partial charge in [0.05, 0.1) is 17.9 Å². The summed E-state index contributed by atoms with van der Waals surface area (Å²) < 4.78 is 5.92. The van der Waals surface area contributed by atoms with Crippen LogP contribution in [0.5, 0.6) is 0 Å². The van der Waals surface area contributed by atoms with Crippen LogP contribution in [-0.4, -0.2) is 35.2 Å². The van der Waals surface area contributed by atoms with Gasteiger partial charge in [-0.15, -0.1) is 0 Å². The molecule has 3 heterocycles. The molecule has 2 aliphatic rings. The largest absolute Gasteiger partial charge is 0.375 e. The highest BCUT2D eigenvalue weighted by Gasteiger charge is 2.37. The quantitative estimate of drug-likeness (QED) is 0.780. The van der Waals surface area contributed by atoms with E-state index in [0.29, 0.717) is 12.2 Å². The maximum atomic E-state index is 5.92. The number of likely N-dealkylation sites (tertiary alicyclic amines) is 1. The van der Waals surface area contributed by atoms with Crippen LogP contribution in [0.15, 0.2) is 24.4 Å². The molecule has 0 amide bonds. The summed E-state index contributed by atoms with van der Waals surface area (Å²) in [5.41, 5.74) is 1.18. The monoisotopic (exact) mass is 232 g/mol.